The van der Waals surface area contributed by atoms with Crippen LogP contribution in [0.2, 0.25) is 0 Å². The number of fused-ring (bicyclic) bond motifs is 1. The number of nitrogens with zero attached hydrogens (tertiary/aromatic N) is 4. The predicted octanol–water partition coefficient (Wildman–Crippen LogP) is 3.89. The molecule has 0 amide bonds. The summed E-state index contributed by atoms with van der Waals surface area (Å²) in [5.41, 5.74) is 6.37. The summed E-state index contributed by atoms with van der Waals surface area (Å²) in [4.78, 5) is 2.13. The highest BCUT2D eigenvalue weighted by atomic mass is 19.2. The van der Waals surface area contributed by atoms with E-state index in [1.54, 1.807) is 0 Å². The van der Waals surface area contributed by atoms with Crippen molar-refractivity contribution in [2.24, 2.45) is 17.1 Å². The van der Waals surface area contributed by atoms with Gasteiger partial charge in [-0.1, -0.05) is 42.5 Å². The van der Waals surface area contributed by atoms with Gasteiger partial charge >= 0.3 is 0 Å². The highest BCUT2D eigenvalue weighted by molar-refractivity contribution is 5.59. The molecular weight excluding hydrogens is 408 g/mol. The van der Waals surface area contributed by atoms with Crippen LogP contribution in [0.25, 0.3) is 0 Å². The Morgan fingerprint density at radius 3 is 2.38 bits per heavy atom. The minimum Gasteiger partial charge on any atom is -0.399 e. The van der Waals surface area contributed by atoms with Crippen LogP contribution < -0.4 is 5.73 Å². The number of rotatable bonds is 3. The van der Waals surface area contributed by atoms with Crippen molar-refractivity contribution in [3.05, 3.63) is 94.2 Å². The van der Waals surface area contributed by atoms with Gasteiger partial charge in [-0.25, -0.2) is 8.78 Å². The Labute approximate surface area is 184 Å². The van der Waals surface area contributed by atoms with Crippen LogP contribution in [0.15, 0.2) is 71.5 Å². The van der Waals surface area contributed by atoms with Gasteiger partial charge in [0.25, 0.3) is 0 Å². The van der Waals surface area contributed by atoms with Gasteiger partial charge < -0.3 is 5.73 Å². The van der Waals surface area contributed by atoms with E-state index in [1.165, 1.54) is 6.07 Å². The Hall–Kier alpha value is -3.99. The Kier molecular flexibility index (Phi) is 5.49. The maximum Gasteiger partial charge on any atom is 0.191 e. The normalized spacial score (nSPS) is 22.2. The molecule has 0 aromatic heterocycles. The van der Waals surface area contributed by atoms with E-state index in [0.717, 1.165) is 17.7 Å². The summed E-state index contributed by atoms with van der Waals surface area (Å²) < 4.78 is 27.8. The van der Waals surface area contributed by atoms with Crippen LogP contribution in [0.3, 0.4) is 0 Å². The van der Waals surface area contributed by atoms with Crippen molar-refractivity contribution in [2.45, 2.75) is 12.5 Å². The number of allylic oxidation sites excluding steroid dienone is 2. The van der Waals surface area contributed by atoms with Crippen molar-refractivity contribution < 1.29 is 8.78 Å². The molecule has 0 fully saturated rings. The molecule has 2 aliphatic rings. The SMILES string of the molecule is N#CC1=C(N)C(C#N)(C#N)[C@@H](c2ccc(F)c(F)c2)[C@@H]2CN(Cc3ccccc3)CC=C12. The van der Waals surface area contributed by atoms with Crippen LogP contribution in [0, 0.1) is 57.0 Å². The van der Waals surface area contributed by atoms with Gasteiger partial charge in [0.2, 0.25) is 0 Å². The third kappa shape index (κ3) is 3.32. The molecule has 2 aromatic rings. The standard InChI is InChI=1S/C25H19F2N5/c26-21-7-6-17(10-22(21)27)23-20-13-32(12-16-4-2-1-3-5-16)9-8-18(20)19(11-28)24(31)25(23,14-29)15-30/h1-8,10,20,23H,9,12-13,31H2/t20-,23+/m1/s1. The Morgan fingerprint density at radius 2 is 1.75 bits per heavy atom. The summed E-state index contributed by atoms with van der Waals surface area (Å²) in [6, 6.07) is 19.3. The molecule has 2 atom stereocenters. The molecule has 32 heavy (non-hydrogen) atoms. The number of nitriles is 3. The van der Waals surface area contributed by atoms with Crippen LogP contribution in [-0.4, -0.2) is 18.0 Å². The Morgan fingerprint density at radius 1 is 1.03 bits per heavy atom. The second kappa shape index (κ2) is 8.27. The zero-order valence-corrected chi connectivity index (χ0v) is 17.1. The average Bonchev–Trinajstić information content (AvgIpc) is 2.81. The molecule has 0 spiro atoms. The van der Waals surface area contributed by atoms with Gasteiger partial charge in [-0.3, -0.25) is 4.90 Å². The van der Waals surface area contributed by atoms with Crippen molar-refractivity contribution >= 4 is 0 Å². The smallest absolute Gasteiger partial charge is 0.191 e. The number of halogens is 2. The van der Waals surface area contributed by atoms with E-state index in [0.29, 0.717) is 30.8 Å². The lowest BCUT2D eigenvalue weighted by Crippen LogP contribution is -2.47. The monoisotopic (exact) mass is 427 g/mol. The van der Waals surface area contributed by atoms with Crippen LogP contribution in [0.1, 0.15) is 17.0 Å². The zero-order chi connectivity index (χ0) is 22.9. The van der Waals surface area contributed by atoms with E-state index < -0.39 is 28.9 Å². The summed E-state index contributed by atoms with van der Waals surface area (Å²) >= 11 is 0. The Bertz CT molecular complexity index is 1230. The van der Waals surface area contributed by atoms with E-state index in [4.69, 9.17) is 5.73 Å². The Balaban J connectivity index is 1.86. The molecule has 158 valence electrons. The van der Waals surface area contributed by atoms with E-state index in [9.17, 15) is 24.6 Å². The van der Waals surface area contributed by atoms with Crippen molar-refractivity contribution in [3.63, 3.8) is 0 Å². The first-order valence-corrected chi connectivity index (χ1v) is 10.1. The highest BCUT2D eigenvalue weighted by Gasteiger charge is 2.54. The zero-order valence-electron chi connectivity index (χ0n) is 17.1. The second-order valence-corrected chi connectivity index (χ2v) is 8.03. The fourth-order valence-electron chi connectivity index (χ4n) is 4.79. The summed E-state index contributed by atoms with van der Waals surface area (Å²) in [7, 11) is 0. The fourth-order valence-corrected chi connectivity index (χ4v) is 4.79. The molecule has 0 radical (unpaired) electrons. The predicted molar refractivity (Wildman–Crippen MR) is 113 cm³/mol. The second-order valence-electron chi connectivity index (χ2n) is 8.03. The van der Waals surface area contributed by atoms with Crippen molar-refractivity contribution in [3.8, 4) is 18.2 Å². The van der Waals surface area contributed by atoms with Crippen LogP contribution in [0.4, 0.5) is 8.78 Å². The molecule has 4 rings (SSSR count). The van der Waals surface area contributed by atoms with Crippen LogP contribution in [-0.2, 0) is 6.54 Å². The molecular formula is C25H19F2N5. The van der Waals surface area contributed by atoms with Gasteiger partial charge in [0, 0.05) is 31.5 Å². The van der Waals surface area contributed by atoms with Gasteiger partial charge in [0.1, 0.15) is 6.07 Å². The molecule has 1 aliphatic heterocycles. The molecule has 5 nitrogen and oxygen atoms in total. The first-order chi connectivity index (χ1) is 15.4. The fraction of sp³-hybridized carbons (Fsp3) is 0.240. The lowest BCUT2D eigenvalue weighted by molar-refractivity contribution is 0.201. The molecule has 0 unspecified atom stereocenters. The van der Waals surface area contributed by atoms with Gasteiger partial charge in [-0.15, -0.1) is 0 Å². The van der Waals surface area contributed by atoms with Crippen molar-refractivity contribution in [2.75, 3.05) is 13.1 Å². The minimum absolute atomic E-state index is 0.122. The molecule has 7 heteroatoms. The molecule has 0 saturated carbocycles. The van der Waals surface area contributed by atoms with Crippen LogP contribution >= 0.6 is 0 Å². The van der Waals surface area contributed by atoms with Crippen molar-refractivity contribution in [1.82, 2.24) is 4.90 Å². The lowest BCUT2D eigenvalue weighted by Gasteiger charge is -2.45. The topological polar surface area (TPSA) is 101 Å². The highest BCUT2D eigenvalue weighted by Crippen LogP contribution is 2.54. The van der Waals surface area contributed by atoms with Gasteiger partial charge in [-0.2, -0.15) is 15.8 Å². The first kappa shape index (κ1) is 21.2. The molecule has 0 bridgehead atoms. The van der Waals surface area contributed by atoms with Gasteiger partial charge in [0.15, 0.2) is 17.0 Å². The molecule has 1 heterocycles. The molecule has 1 aliphatic carbocycles. The van der Waals surface area contributed by atoms with E-state index in [1.807, 2.05) is 48.5 Å². The largest absolute Gasteiger partial charge is 0.399 e. The number of nitrogens with two attached hydrogens (primary N) is 1. The molecule has 0 saturated heterocycles. The lowest BCUT2D eigenvalue weighted by atomic mass is 9.58. The van der Waals surface area contributed by atoms with E-state index in [-0.39, 0.29) is 11.3 Å². The summed E-state index contributed by atoms with van der Waals surface area (Å²) in [6.07, 6.45) is 1.88. The number of hydrogen-bond acceptors (Lipinski definition) is 5. The van der Waals surface area contributed by atoms with E-state index in [2.05, 4.69) is 11.0 Å². The maximum absolute atomic E-state index is 14.2. The van der Waals surface area contributed by atoms with E-state index >= 15 is 0 Å². The quantitative estimate of drug-likeness (QED) is 0.801. The average molecular weight is 427 g/mol. The van der Waals surface area contributed by atoms with Gasteiger partial charge in [-0.05, 0) is 28.8 Å². The number of benzene rings is 2. The number of hydrogen-bond donors (Lipinski definition) is 1. The first-order valence-electron chi connectivity index (χ1n) is 10.1. The summed E-state index contributed by atoms with van der Waals surface area (Å²) in [6.45, 7) is 1.60. The molecule has 2 aromatic carbocycles. The summed E-state index contributed by atoms with van der Waals surface area (Å²) in [5, 5.41) is 29.9. The molecule has 2 N–H and O–H groups in total. The summed E-state index contributed by atoms with van der Waals surface area (Å²) in [5.74, 6) is -3.42. The van der Waals surface area contributed by atoms with Crippen LogP contribution in [0.5, 0.6) is 0 Å². The van der Waals surface area contributed by atoms with Crippen molar-refractivity contribution in [1.29, 1.82) is 15.8 Å². The minimum atomic E-state index is -1.88. The third-order valence-electron chi connectivity index (χ3n) is 6.29. The third-order valence-corrected chi connectivity index (χ3v) is 6.29. The maximum atomic E-state index is 14.2. The van der Waals surface area contributed by atoms with Gasteiger partial charge in [0.05, 0.1) is 23.4 Å².